The summed E-state index contributed by atoms with van der Waals surface area (Å²) in [5, 5.41) is 0. The minimum atomic E-state index is -1.39. The minimum absolute atomic E-state index is 0.0793. The third-order valence-corrected chi connectivity index (χ3v) is 23.4. The van der Waals surface area contributed by atoms with E-state index in [1.807, 2.05) is 0 Å². The van der Waals surface area contributed by atoms with E-state index in [4.69, 9.17) is 0 Å². The zero-order valence-corrected chi connectivity index (χ0v) is 12.4. The van der Waals surface area contributed by atoms with Crippen LogP contribution in [0.15, 0.2) is 0 Å². The molecule has 3 nitrogen and oxygen atoms in total. The zero-order chi connectivity index (χ0) is 7.02. The predicted molar refractivity (Wildman–Crippen MR) is 54.7 cm³/mol. The standard InChI is InChI=1S/C2I4NO2/c3-1(8)6-5-7(6)2(4)9/q-1. The van der Waals surface area contributed by atoms with Crippen molar-refractivity contribution in [2.24, 2.45) is 0 Å². The summed E-state index contributed by atoms with van der Waals surface area (Å²) in [5.41, 5.74) is 0. The normalized spacial score (nSPS) is 20.7. The van der Waals surface area contributed by atoms with E-state index in [1.54, 1.807) is 46.5 Å². The summed E-state index contributed by atoms with van der Waals surface area (Å²) in [7, 11) is 0. The molecule has 9 heavy (non-hydrogen) atoms. The number of rotatable bonds is 1. The average Bonchev–Trinajstić information content (AvgIpc) is 2.39. The van der Waals surface area contributed by atoms with Gasteiger partial charge in [0, 0.05) is 0 Å². The molecule has 0 aromatic heterocycles. The van der Waals surface area contributed by atoms with Crippen molar-refractivity contribution in [3.05, 3.63) is 0 Å². The van der Waals surface area contributed by atoms with Crippen molar-refractivity contribution in [3.63, 3.8) is 0 Å². The Morgan fingerprint density at radius 2 is 2.00 bits per heavy atom. The molecule has 1 heterocycles. The Hall–Kier alpha value is 2.06. The van der Waals surface area contributed by atoms with Crippen molar-refractivity contribution in [2.45, 2.75) is 0 Å². The Morgan fingerprint density at radius 3 is 2.11 bits per heavy atom. The fourth-order valence-corrected chi connectivity index (χ4v) is 23.6. The Bertz CT molecular complexity index is 152. The van der Waals surface area contributed by atoms with Crippen LogP contribution >= 0.6 is 61.3 Å². The molecular formula is C2I4NO2-. The maximum atomic E-state index is 10.6. The quantitative estimate of drug-likeness (QED) is 0.142. The number of halogens is 4. The number of hydrogen-bond donors (Lipinski definition) is 0. The van der Waals surface area contributed by atoms with E-state index in [2.05, 4.69) is 0 Å². The monoisotopic (exact) mass is 578 g/mol. The van der Waals surface area contributed by atoms with E-state index in [1.165, 1.54) is 0 Å². The zero-order valence-electron chi connectivity index (χ0n) is 3.78. The first-order valence-corrected chi connectivity index (χ1v) is 13.1. The van der Waals surface area contributed by atoms with Crippen LogP contribution in [0, 0.1) is 0 Å². The van der Waals surface area contributed by atoms with Crippen LogP contribution in [0.4, 0.5) is 9.59 Å². The van der Waals surface area contributed by atoms with Crippen molar-refractivity contribution in [3.8, 4) is 0 Å². The van der Waals surface area contributed by atoms with Crippen LogP contribution in [0.3, 0.4) is 0 Å². The van der Waals surface area contributed by atoms with Gasteiger partial charge in [-0.2, -0.15) is 0 Å². The van der Waals surface area contributed by atoms with Crippen molar-refractivity contribution in [2.75, 3.05) is 0 Å². The fourth-order valence-electron chi connectivity index (χ4n) is 0.209. The van der Waals surface area contributed by atoms with Gasteiger partial charge in [-0.25, -0.2) is 0 Å². The second kappa shape index (κ2) is 3.64. The molecule has 1 saturated heterocycles. The molecule has 0 radical (unpaired) electrons. The number of hydrogen-bond acceptors (Lipinski definition) is 2. The molecule has 1 amide bonds. The molecule has 7 heteroatoms. The van der Waals surface area contributed by atoms with Crippen LogP contribution in [-0.4, -0.2) is 7.04 Å². The van der Waals surface area contributed by atoms with E-state index in [-0.39, 0.29) is 23.2 Å². The first-order valence-electron chi connectivity index (χ1n) is 1.68. The van der Waals surface area contributed by atoms with Gasteiger partial charge in [-0.1, -0.05) is 0 Å². The molecule has 0 bridgehead atoms. The van der Waals surface area contributed by atoms with Gasteiger partial charge in [0.15, 0.2) is 0 Å². The molecule has 1 aliphatic heterocycles. The Labute approximate surface area is 93.3 Å². The summed E-state index contributed by atoms with van der Waals surface area (Å²) in [5.74, 6) is 0. The van der Waals surface area contributed by atoms with Crippen LogP contribution in [0.25, 0.3) is 0 Å². The van der Waals surface area contributed by atoms with Gasteiger partial charge >= 0.3 is 95.4 Å². The van der Waals surface area contributed by atoms with Crippen LogP contribution in [0.1, 0.15) is 0 Å². The summed E-state index contributed by atoms with van der Waals surface area (Å²) in [4.78, 5) is 21.2. The molecule has 1 fully saturated rings. The molecule has 0 aromatic rings. The SMILES string of the molecule is O=C(I)N1[I-]I1C(=O)I. The van der Waals surface area contributed by atoms with E-state index in [0.29, 0.717) is 0 Å². The third kappa shape index (κ3) is 2.53. The second-order valence-electron chi connectivity index (χ2n) is 0.995. The molecule has 54 valence electrons. The van der Waals surface area contributed by atoms with Gasteiger partial charge < -0.3 is 0 Å². The average molecular weight is 578 g/mol. The number of carbonyl (C=O) groups is 2. The summed E-state index contributed by atoms with van der Waals surface area (Å²) < 4.78 is 2.13. The van der Waals surface area contributed by atoms with Gasteiger partial charge in [-0.05, 0) is 0 Å². The molecule has 0 atom stereocenters. The van der Waals surface area contributed by atoms with Crippen LogP contribution in [0.5, 0.6) is 0 Å². The summed E-state index contributed by atoms with van der Waals surface area (Å²) in [6.45, 7) is 0. The molecule has 0 aromatic carbocycles. The van der Waals surface area contributed by atoms with Crippen LogP contribution in [-0.2, 0) is 0 Å². The summed E-state index contributed by atoms with van der Waals surface area (Å²) in [6, 6.07) is 0. The first-order chi connectivity index (χ1) is 4.13. The molecule has 1 aliphatic rings. The van der Waals surface area contributed by atoms with Gasteiger partial charge in [-0.3, -0.25) is 0 Å². The summed E-state index contributed by atoms with van der Waals surface area (Å²) >= 11 is 2.06. The Morgan fingerprint density at radius 1 is 1.44 bits per heavy atom. The van der Waals surface area contributed by atoms with Crippen LogP contribution in [0.2, 0.25) is 0 Å². The van der Waals surface area contributed by atoms with Crippen molar-refractivity contribution in [1.82, 2.24) is 1.33 Å². The first kappa shape index (κ1) is 9.15. The Balaban J connectivity index is 2.42. The van der Waals surface area contributed by atoms with Crippen molar-refractivity contribution >= 4 is 67.0 Å². The fraction of sp³-hybridized carbons (Fsp3) is 0. The van der Waals surface area contributed by atoms with Gasteiger partial charge in [-0.15, -0.1) is 0 Å². The molecule has 1 rings (SSSR count). The van der Waals surface area contributed by atoms with E-state index >= 15 is 0 Å². The van der Waals surface area contributed by atoms with E-state index < -0.39 is 16.1 Å². The van der Waals surface area contributed by atoms with Crippen molar-refractivity contribution < 1.29 is 27.1 Å². The molecule has 0 aliphatic carbocycles. The number of carbonyl (C=O) groups excluding carboxylic acids is 2. The summed E-state index contributed by atoms with van der Waals surface area (Å²) in [6.07, 6.45) is 0. The second-order valence-corrected chi connectivity index (χ2v) is 19.0. The van der Waals surface area contributed by atoms with Gasteiger partial charge in [0.25, 0.3) is 0 Å². The maximum absolute atomic E-state index is 10.6. The molecule has 0 unspecified atom stereocenters. The van der Waals surface area contributed by atoms with E-state index in [9.17, 15) is 9.59 Å². The van der Waals surface area contributed by atoms with Crippen molar-refractivity contribution in [1.29, 1.82) is 0 Å². The third-order valence-electron chi connectivity index (χ3n) is 0.489. The van der Waals surface area contributed by atoms with Crippen LogP contribution < -0.4 is 17.5 Å². The van der Waals surface area contributed by atoms with E-state index in [0.717, 1.165) is 0 Å². The van der Waals surface area contributed by atoms with Gasteiger partial charge in [0.1, 0.15) is 0 Å². The topological polar surface area (TPSA) is 37.1 Å². The van der Waals surface area contributed by atoms with Gasteiger partial charge in [0.2, 0.25) is 0 Å². The molecule has 0 N–H and O–H groups in total. The number of amides is 1. The van der Waals surface area contributed by atoms with Gasteiger partial charge in [0.05, 0.1) is 0 Å². The molecular weight excluding hydrogens is 578 g/mol. The number of nitrogens with zero attached hydrogens (tertiary/aromatic N) is 1. The Kier molecular flexibility index (Phi) is 3.70. The molecule has 0 saturated carbocycles. The predicted octanol–water partition coefficient (Wildman–Crippen LogP) is -0.248. The molecule has 0 spiro atoms.